The molecule has 0 aliphatic carbocycles. The van der Waals surface area contributed by atoms with Crippen molar-refractivity contribution >= 4 is 17.4 Å². The van der Waals surface area contributed by atoms with Crippen LogP contribution in [0.25, 0.3) is 0 Å². The van der Waals surface area contributed by atoms with E-state index in [1.807, 2.05) is 35.7 Å². The Bertz CT molecular complexity index is 689. The minimum absolute atomic E-state index is 0.146. The van der Waals surface area contributed by atoms with E-state index in [0.717, 1.165) is 29.1 Å². The van der Waals surface area contributed by atoms with E-state index in [2.05, 4.69) is 17.2 Å². The Kier molecular flexibility index (Phi) is 5.16. The van der Waals surface area contributed by atoms with Crippen LogP contribution in [0.15, 0.2) is 35.7 Å². The normalized spacial score (nSPS) is 20.3. The Balaban J connectivity index is 1.54. The number of nitrogens with zero attached hydrogens (tertiary/aromatic N) is 2. The molecule has 5 nitrogen and oxygen atoms in total. The highest BCUT2D eigenvalue weighted by Crippen LogP contribution is 2.31. The van der Waals surface area contributed by atoms with Crippen LogP contribution in [0, 0.1) is 0 Å². The van der Waals surface area contributed by atoms with E-state index >= 15 is 0 Å². The lowest BCUT2D eigenvalue weighted by atomic mass is 9.93. The zero-order valence-electron chi connectivity index (χ0n) is 13.9. The molecule has 1 aliphatic rings. The molecule has 1 aliphatic heterocycles. The molecule has 2 N–H and O–H groups in total. The lowest BCUT2D eigenvalue weighted by molar-refractivity contribution is 0.0494. The van der Waals surface area contributed by atoms with Gasteiger partial charge < -0.3 is 15.3 Å². The van der Waals surface area contributed by atoms with Gasteiger partial charge in [-0.3, -0.25) is 0 Å². The first kappa shape index (κ1) is 16.9. The van der Waals surface area contributed by atoms with E-state index in [-0.39, 0.29) is 6.03 Å². The number of thiazole rings is 1. The van der Waals surface area contributed by atoms with Crippen LogP contribution >= 0.6 is 11.3 Å². The monoisotopic (exact) mass is 345 g/mol. The van der Waals surface area contributed by atoms with Crippen LogP contribution in [0.2, 0.25) is 0 Å². The molecule has 1 atom stereocenters. The van der Waals surface area contributed by atoms with Crippen LogP contribution < -0.4 is 5.32 Å². The van der Waals surface area contributed by atoms with Gasteiger partial charge >= 0.3 is 6.03 Å². The van der Waals surface area contributed by atoms with E-state index in [0.29, 0.717) is 26.1 Å². The third-order valence-corrected chi connectivity index (χ3v) is 5.29. The first-order valence-electron chi connectivity index (χ1n) is 8.35. The third-order valence-electron chi connectivity index (χ3n) is 4.33. The van der Waals surface area contributed by atoms with Crippen molar-refractivity contribution in [2.24, 2.45) is 0 Å². The second-order valence-corrected chi connectivity index (χ2v) is 7.15. The van der Waals surface area contributed by atoms with Crippen LogP contribution in [0.4, 0.5) is 4.79 Å². The van der Waals surface area contributed by atoms with Crippen molar-refractivity contribution in [1.82, 2.24) is 15.2 Å². The summed E-state index contributed by atoms with van der Waals surface area (Å²) in [6, 6.07) is 9.41. The number of hydrogen-bond acceptors (Lipinski definition) is 4. The van der Waals surface area contributed by atoms with Gasteiger partial charge in [0.25, 0.3) is 0 Å². The number of amides is 2. The molecule has 3 rings (SSSR count). The predicted molar refractivity (Wildman–Crippen MR) is 94.9 cm³/mol. The van der Waals surface area contributed by atoms with Crippen molar-refractivity contribution in [3.8, 4) is 0 Å². The van der Waals surface area contributed by atoms with Gasteiger partial charge in [-0.2, -0.15) is 0 Å². The van der Waals surface area contributed by atoms with Gasteiger partial charge in [0.2, 0.25) is 0 Å². The van der Waals surface area contributed by atoms with E-state index in [1.54, 1.807) is 16.2 Å². The zero-order chi connectivity index (χ0) is 17.0. The highest BCUT2D eigenvalue weighted by Gasteiger charge is 2.39. The Morgan fingerprint density at radius 3 is 2.96 bits per heavy atom. The van der Waals surface area contributed by atoms with E-state index in [9.17, 15) is 9.90 Å². The Morgan fingerprint density at radius 2 is 2.21 bits per heavy atom. The summed E-state index contributed by atoms with van der Waals surface area (Å²) in [5, 5.41) is 16.8. The van der Waals surface area contributed by atoms with Crippen LogP contribution in [-0.4, -0.2) is 34.1 Å². The highest BCUT2D eigenvalue weighted by atomic mass is 32.1. The van der Waals surface area contributed by atoms with E-state index in [1.165, 1.54) is 0 Å². The molecular formula is C18H23N3O2S. The number of nitrogens with one attached hydrogen (secondary N) is 1. The average molecular weight is 345 g/mol. The summed E-state index contributed by atoms with van der Waals surface area (Å²) in [7, 11) is 0. The number of carbonyl (C=O) groups excluding carboxylic acids is 1. The van der Waals surface area contributed by atoms with Crippen molar-refractivity contribution in [1.29, 1.82) is 0 Å². The van der Waals surface area contributed by atoms with Gasteiger partial charge in [-0.05, 0) is 24.8 Å². The lowest BCUT2D eigenvalue weighted by Gasteiger charge is -2.24. The summed E-state index contributed by atoms with van der Waals surface area (Å²) < 4.78 is 0. The summed E-state index contributed by atoms with van der Waals surface area (Å²) in [6.45, 7) is 3.43. The average Bonchev–Trinajstić information content (AvgIpc) is 3.22. The van der Waals surface area contributed by atoms with Gasteiger partial charge in [0, 0.05) is 11.9 Å². The predicted octanol–water partition coefficient (Wildman–Crippen LogP) is 2.90. The van der Waals surface area contributed by atoms with Crippen LogP contribution in [0.5, 0.6) is 0 Å². The molecule has 24 heavy (non-hydrogen) atoms. The fourth-order valence-electron chi connectivity index (χ4n) is 2.99. The number of hydrogen-bond donors (Lipinski definition) is 2. The maximum atomic E-state index is 12.3. The summed E-state index contributed by atoms with van der Waals surface area (Å²) >= 11 is 1.64. The molecule has 2 heterocycles. The fourth-order valence-corrected chi connectivity index (χ4v) is 3.89. The van der Waals surface area contributed by atoms with Gasteiger partial charge in [0.15, 0.2) is 0 Å². The second kappa shape index (κ2) is 7.32. The number of urea groups is 1. The Morgan fingerprint density at radius 1 is 1.42 bits per heavy atom. The summed E-state index contributed by atoms with van der Waals surface area (Å²) in [5.41, 5.74) is 0.811. The third kappa shape index (κ3) is 3.76. The summed E-state index contributed by atoms with van der Waals surface area (Å²) in [6.07, 6.45) is 2.61. The molecule has 128 valence electrons. The van der Waals surface area contributed by atoms with Crippen molar-refractivity contribution in [3.05, 3.63) is 52.0 Å². The first-order valence-corrected chi connectivity index (χ1v) is 9.22. The van der Waals surface area contributed by atoms with Crippen molar-refractivity contribution in [3.63, 3.8) is 0 Å². The van der Waals surface area contributed by atoms with Crippen LogP contribution in [-0.2, 0) is 18.6 Å². The molecule has 0 saturated carbocycles. The standard InChI is InChI=1S/C18H23N3O2S/c1-2-6-16-20-15(12-24-16)11-19-17(22)21-10-9-18(23,13-21)14-7-4-3-5-8-14/h3-5,7-8,12,23H,2,6,9-11,13H2,1H3,(H,19,22). The van der Waals surface area contributed by atoms with Gasteiger partial charge in [0.05, 0.1) is 23.8 Å². The van der Waals surface area contributed by atoms with Gasteiger partial charge in [0.1, 0.15) is 5.60 Å². The molecule has 1 unspecified atom stereocenters. The smallest absolute Gasteiger partial charge is 0.317 e. The number of β-amino-alcohol motifs (C(OH)–C–C–N with tert-alkyl or cyclic N) is 1. The second-order valence-electron chi connectivity index (χ2n) is 6.21. The van der Waals surface area contributed by atoms with Crippen molar-refractivity contribution in [2.75, 3.05) is 13.1 Å². The summed E-state index contributed by atoms with van der Waals surface area (Å²) in [5.74, 6) is 0. The fraction of sp³-hybridized carbons (Fsp3) is 0.444. The van der Waals surface area contributed by atoms with Gasteiger partial charge in [-0.25, -0.2) is 9.78 Å². The molecule has 1 saturated heterocycles. The SMILES string of the molecule is CCCc1nc(CNC(=O)N2CCC(O)(c3ccccc3)C2)cs1. The summed E-state index contributed by atoms with van der Waals surface area (Å²) in [4.78, 5) is 18.5. The van der Waals surface area contributed by atoms with Gasteiger partial charge in [-0.1, -0.05) is 37.3 Å². The molecule has 1 aromatic carbocycles. The number of likely N-dealkylation sites (tertiary alicyclic amines) is 1. The maximum Gasteiger partial charge on any atom is 0.317 e. The molecular weight excluding hydrogens is 322 g/mol. The number of carbonyl (C=O) groups is 1. The molecule has 2 aromatic rings. The quantitative estimate of drug-likeness (QED) is 0.876. The topological polar surface area (TPSA) is 65.5 Å². The van der Waals surface area contributed by atoms with Crippen molar-refractivity contribution in [2.45, 2.75) is 38.3 Å². The zero-order valence-corrected chi connectivity index (χ0v) is 14.7. The van der Waals surface area contributed by atoms with Gasteiger partial charge in [-0.15, -0.1) is 11.3 Å². The molecule has 2 amide bonds. The minimum atomic E-state index is -0.951. The lowest BCUT2D eigenvalue weighted by Crippen LogP contribution is -2.40. The number of aliphatic hydroxyl groups is 1. The minimum Gasteiger partial charge on any atom is -0.383 e. The highest BCUT2D eigenvalue weighted by molar-refractivity contribution is 7.09. The number of aromatic nitrogens is 1. The Hall–Kier alpha value is -1.92. The molecule has 6 heteroatoms. The molecule has 1 fully saturated rings. The largest absolute Gasteiger partial charge is 0.383 e. The van der Waals surface area contributed by atoms with Crippen LogP contribution in [0.3, 0.4) is 0 Å². The molecule has 0 spiro atoms. The van der Waals surface area contributed by atoms with Crippen LogP contribution in [0.1, 0.15) is 36.0 Å². The molecule has 0 radical (unpaired) electrons. The number of benzene rings is 1. The van der Waals surface area contributed by atoms with E-state index < -0.39 is 5.60 Å². The molecule has 0 bridgehead atoms. The first-order chi connectivity index (χ1) is 11.6. The molecule has 1 aromatic heterocycles. The van der Waals surface area contributed by atoms with Crippen molar-refractivity contribution < 1.29 is 9.90 Å². The number of aryl methyl sites for hydroxylation is 1. The van der Waals surface area contributed by atoms with E-state index in [4.69, 9.17) is 0 Å². The number of rotatable bonds is 5. The maximum absolute atomic E-state index is 12.3. The Labute approximate surface area is 146 Å².